The van der Waals surface area contributed by atoms with Crippen LogP contribution < -0.4 is 5.56 Å². The number of nitrogens with zero attached hydrogens (tertiary/aromatic N) is 1. The highest BCUT2D eigenvalue weighted by Gasteiger charge is 2.30. The van der Waals surface area contributed by atoms with Crippen molar-refractivity contribution in [2.75, 3.05) is 0 Å². The first kappa shape index (κ1) is 14.8. The molecule has 0 aliphatic heterocycles. The maximum absolute atomic E-state index is 12.5. The molecule has 0 radical (unpaired) electrons. The summed E-state index contributed by atoms with van der Waals surface area (Å²) < 4.78 is 39.0. The quantitative estimate of drug-likeness (QED) is 0.581. The second kappa shape index (κ2) is 5.39. The molecule has 0 saturated heterocycles. The Morgan fingerprint density at radius 3 is 2.20 bits per heavy atom. The van der Waals surface area contributed by atoms with Gasteiger partial charge in [0, 0.05) is 15.5 Å². The molecule has 0 N–H and O–H groups in total. The highest BCUT2D eigenvalue weighted by atomic mass is 127. The molecule has 104 valence electrons. The monoisotopic (exact) mass is 393 g/mol. The number of carbonyl (C=O) groups is 1. The molecule has 0 atom stereocenters. The minimum Gasteiger partial charge on any atom is -0.298 e. The maximum atomic E-state index is 12.5. The van der Waals surface area contributed by atoms with Crippen LogP contribution in [0.3, 0.4) is 0 Å². The Morgan fingerprint density at radius 2 is 1.70 bits per heavy atom. The van der Waals surface area contributed by atoms with Gasteiger partial charge < -0.3 is 0 Å². The predicted molar refractivity (Wildman–Crippen MR) is 75.1 cm³/mol. The van der Waals surface area contributed by atoms with E-state index in [9.17, 15) is 22.8 Å². The van der Waals surface area contributed by atoms with Crippen LogP contribution in [0.4, 0.5) is 13.2 Å². The van der Waals surface area contributed by atoms with E-state index >= 15 is 0 Å². The molecule has 1 heterocycles. The van der Waals surface area contributed by atoms with Crippen LogP contribution in [0.25, 0.3) is 5.69 Å². The van der Waals surface area contributed by atoms with E-state index in [2.05, 4.69) is 0 Å². The van der Waals surface area contributed by atoms with Gasteiger partial charge in [-0.1, -0.05) is 0 Å². The van der Waals surface area contributed by atoms with E-state index in [1.807, 2.05) is 22.6 Å². The molecule has 3 nitrogen and oxygen atoms in total. The molecule has 0 bridgehead atoms. The number of carbonyl (C=O) groups excluding carboxylic acids is 1. The number of aromatic nitrogens is 1. The van der Waals surface area contributed by atoms with Crippen molar-refractivity contribution in [2.45, 2.75) is 6.18 Å². The molecule has 2 aromatic rings. The second-order valence-electron chi connectivity index (χ2n) is 3.91. The zero-order valence-corrected chi connectivity index (χ0v) is 12.0. The van der Waals surface area contributed by atoms with E-state index in [0.29, 0.717) is 9.86 Å². The zero-order chi connectivity index (χ0) is 14.9. The molecular formula is C13H7F3INO2. The zero-order valence-electron chi connectivity index (χ0n) is 9.82. The average molecular weight is 393 g/mol. The first-order chi connectivity index (χ1) is 9.34. The van der Waals surface area contributed by atoms with Crippen LogP contribution in [0, 0.1) is 3.57 Å². The molecule has 0 aliphatic rings. The number of benzene rings is 1. The number of hydrogen-bond donors (Lipinski definition) is 0. The van der Waals surface area contributed by atoms with Crippen molar-refractivity contribution in [3.8, 4) is 5.69 Å². The van der Waals surface area contributed by atoms with Crippen molar-refractivity contribution < 1.29 is 18.0 Å². The largest absolute Gasteiger partial charge is 0.416 e. The lowest BCUT2D eigenvalue weighted by molar-refractivity contribution is -0.137. The van der Waals surface area contributed by atoms with Crippen LogP contribution in [0.15, 0.2) is 41.3 Å². The van der Waals surface area contributed by atoms with Crippen LogP contribution in [-0.2, 0) is 6.18 Å². The molecule has 0 saturated carbocycles. The van der Waals surface area contributed by atoms with Gasteiger partial charge in [0.25, 0.3) is 5.56 Å². The Bertz CT molecular complexity index is 705. The van der Waals surface area contributed by atoms with Gasteiger partial charge in [-0.05, 0) is 52.9 Å². The van der Waals surface area contributed by atoms with Crippen LogP contribution in [0.5, 0.6) is 0 Å². The van der Waals surface area contributed by atoms with Crippen molar-refractivity contribution in [1.82, 2.24) is 4.57 Å². The average Bonchev–Trinajstić information content (AvgIpc) is 2.38. The molecule has 0 fully saturated rings. The van der Waals surface area contributed by atoms with Crippen molar-refractivity contribution in [3.05, 3.63) is 61.6 Å². The van der Waals surface area contributed by atoms with E-state index < -0.39 is 17.3 Å². The fourth-order valence-electron chi connectivity index (χ4n) is 1.65. The maximum Gasteiger partial charge on any atom is 0.416 e. The molecule has 0 aliphatic carbocycles. The number of hydrogen-bond acceptors (Lipinski definition) is 2. The summed E-state index contributed by atoms with van der Waals surface area (Å²) >= 11 is 1.84. The van der Waals surface area contributed by atoms with Gasteiger partial charge in [-0.2, -0.15) is 13.2 Å². The summed E-state index contributed by atoms with van der Waals surface area (Å²) in [7, 11) is 0. The summed E-state index contributed by atoms with van der Waals surface area (Å²) in [5.74, 6) is 0. The lowest BCUT2D eigenvalue weighted by Crippen LogP contribution is -2.22. The van der Waals surface area contributed by atoms with Crippen LogP contribution in [-0.4, -0.2) is 10.9 Å². The topological polar surface area (TPSA) is 39.1 Å². The fourth-order valence-corrected chi connectivity index (χ4v) is 2.17. The van der Waals surface area contributed by atoms with Crippen LogP contribution >= 0.6 is 22.6 Å². The van der Waals surface area contributed by atoms with Gasteiger partial charge in [-0.15, -0.1) is 0 Å². The minimum atomic E-state index is -4.43. The summed E-state index contributed by atoms with van der Waals surface area (Å²) in [5.41, 5.74) is -1.11. The summed E-state index contributed by atoms with van der Waals surface area (Å²) in [6.45, 7) is 0. The standard InChI is InChI=1S/C13H7F3INO2/c14-13(15,16)8-1-3-9(4-2-8)18-6-5-11(17)10(7-19)12(18)20/h1-7H. The number of aldehydes is 1. The van der Waals surface area contributed by atoms with Gasteiger partial charge in [0.2, 0.25) is 0 Å². The van der Waals surface area contributed by atoms with E-state index in [-0.39, 0.29) is 11.3 Å². The first-order valence-electron chi connectivity index (χ1n) is 5.38. The normalized spacial score (nSPS) is 11.4. The molecule has 1 aromatic heterocycles. The van der Waals surface area contributed by atoms with Gasteiger partial charge in [-0.3, -0.25) is 14.2 Å². The lowest BCUT2D eigenvalue weighted by atomic mass is 10.2. The van der Waals surface area contributed by atoms with Gasteiger partial charge in [-0.25, -0.2) is 0 Å². The van der Waals surface area contributed by atoms with E-state index in [1.54, 1.807) is 6.07 Å². The highest BCUT2D eigenvalue weighted by Crippen LogP contribution is 2.29. The molecule has 7 heteroatoms. The van der Waals surface area contributed by atoms with Gasteiger partial charge in [0.05, 0.1) is 11.1 Å². The number of halogens is 4. The number of pyridine rings is 1. The lowest BCUT2D eigenvalue weighted by Gasteiger charge is -2.10. The van der Waals surface area contributed by atoms with E-state index in [0.717, 1.165) is 16.7 Å². The minimum absolute atomic E-state index is 0.0204. The van der Waals surface area contributed by atoms with Gasteiger partial charge in [0.15, 0.2) is 6.29 Å². The molecular weight excluding hydrogens is 386 g/mol. The molecule has 0 amide bonds. The molecule has 0 unspecified atom stereocenters. The molecule has 1 aromatic carbocycles. The Hall–Kier alpha value is -1.64. The summed E-state index contributed by atoms with van der Waals surface area (Å²) in [6.07, 6.45) is -2.58. The Balaban J connectivity index is 2.53. The van der Waals surface area contributed by atoms with E-state index in [1.165, 1.54) is 18.3 Å². The fraction of sp³-hybridized carbons (Fsp3) is 0.0769. The second-order valence-corrected chi connectivity index (χ2v) is 5.08. The molecule has 2 rings (SSSR count). The Kier molecular flexibility index (Phi) is 3.98. The van der Waals surface area contributed by atoms with Crippen molar-refractivity contribution in [1.29, 1.82) is 0 Å². The summed E-state index contributed by atoms with van der Waals surface area (Å²) in [5, 5.41) is 0. The van der Waals surface area contributed by atoms with Gasteiger partial charge >= 0.3 is 6.18 Å². The smallest absolute Gasteiger partial charge is 0.298 e. The van der Waals surface area contributed by atoms with Crippen molar-refractivity contribution in [2.24, 2.45) is 0 Å². The Labute approximate surface area is 125 Å². The molecule has 20 heavy (non-hydrogen) atoms. The molecule has 0 spiro atoms. The van der Waals surface area contributed by atoms with Gasteiger partial charge in [0.1, 0.15) is 0 Å². The predicted octanol–water partition coefficient (Wildman–Crippen LogP) is 3.27. The van der Waals surface area contributed by atoms with E-state index in [4.69, 9.17) is 0 Å². The van der Waals surface area contributed by atoms with Crippen molar-refractivity contribution >= 4 is 28.9 Å². The number of rotatable bonds is 2. The first-order valence-corrected chi connectivity index (χ1v) is 6.46. The SMILES string of the molecule is O=Cc1c(I)ccn(-c2ccc(C(F)(F)F)cc2)c1=O. The third kappa shape index (κ3) is 2.77. The highest BCUT2D eigenvalue weighted by molar-refractivity contribution is 14.1. The summed E-state index contributed by atoms with van der Waals surface area (Å²) in [6, 6.07) is 5.70. The third-order valence-electron chi connectivity index (χ3n) is 2.67. The Morgan fingerprint density at radius 1 is 1.10 bits per heavy atom. The third-order valence-corrected chi connectivity index (χ3v) is 3.61. The van der Waals surface area contributed by atoms with Crippen LogP contribution in [0.2, 0.25) is 0 Å². The van der Waals surface area contributed by atoms with Crippen LogP contribution in [0.1, 0.15) is 15.9 Å². The van der Waals surface area contributed by atoms with Crippen molar-refractivity contribution in [3.63, 3.8) is 0 Å². The summed E-state index contributed by atoms with van der Waals surface area (Å²) in [4.78, 5) is 22.9. The number of alkyl halides is 3.